The number of nitrogens with one attached hydrogen (secondary N) is 2. The molecule has 1 aromatic heterocycles. The van der Waals surface area contributed by atoms with Crippen LogP contribution in [-0.2, 0) is 11.2 Å². The highest BCUT2D eigenvalue weighted by molar-refractivity contribution is 5.98. The lowest BCUT2D eigenvalue weighted by atomic mass is 10.1. The Labute approximate surface area is 112 Å². The van der Waals surface area contributed by atoms with E-state index in [0.717, 1.165) is 22.9 Å². The molecule has 2 aromatic rings. The highest BCUT2D eigenvalue weighted by Gasteiger charge is 2.08. The Morgan fingerprint density at radius 3 is 3.05 bits per heavy atom. The third-order valence-corrected chi connectivity index (χ3v) is 3.04. The third kappa shape index (κ3) is 3.13. The minimum absolute atomic E-state index is 0.0844. The van der Waals surface area contributed by atoms with E-state index >= 15 is 0 Å². The predicted molar refractivity (Wildman–Crippen MR) is 75.3 cm³/mol. The van der Waals surface area contributed by atoms with Gasteiger partial charge in [0.2, 0.25) is 0 Å². The van der Waals surface area contributed by atoms with Gasteiger partial charge in [-0.1, -0.05) is 0 Å². The lowest BCUT2D eigenvalue weighted by Crippen LogP contribution is -2.26. The molecule has 0 aliphatic rings. The van der Waals surface area contributed by atoms with E-state index in [9.17, 15) is 4.79 Å². The van der Waals surface area contributed by atoms with E-state index < -0.39 is 0 Å². The summed E-state index contributed by atoms with van der Waals surface area (Å²) in [5, 5.41) is 3.87. The molecule has 0 saturated heterocycles. The fourth-order valence-corrected chi connectivity index (χ4v) is 2.05. The summed E-state index contributed by atoms with van der Waals surface area (Å²) in [6.07, 6.45) is 2.75. The molecule has 1 aromatic carbocycles. The highest BCUT2D eigenvalue weighted by Crippen LogP contribution is 2.20. The maximum atomic E-state index is 12.0. The molecule has 0 aliphatic heterocycles. The zero-order valence-electron chi connectivity index (χ0n) is 11.0. The zero-order chi connectivity index (χ0) is 13.7. The van der Waals surface area contributed by atoms with Crippen LogP contribution in [0.25, 0.3) is 10.9 Å². The SMILES string of the molecule is COCCNC(=O)c1ccc2[nH]cc(CCN)c2c1. The van der Waals surface area contributed by atoms with Crippen molar-refractivity contribution in [2.45, 2.75) is 6.42 Å². The number of carbonyl (C=O) groups is 1. The standard InChI is InChI=1S/C14H19N3O2/c1-19-7-6-16-14(18)10-2-3-13-12(8-10)11(4-5-15)9-17-13/h2-3,8-9,17H,4-7,15H2,1H3,(H,16,18). The van der Waals surface area contributed by atoms with Gasteiger partial charge >= 0.3 is 0 Å². The normalized spacial score (nSPS) is 10.8. The Bertz CT molecular complexity index is 563. The number of nitrogens with two attached hydrogens (primary N) is 1. The maximum absolute atomic E-state index is 12.0. The number of benzene rings is 1. The summed E-state index contributed by atoms with van der Waals surface area (Å²) in [7, 11) is 1.61. The van der Waals surface area contributed by atoms with Crippen LogP contribution in [0, 0.1) is 0 Å². The number of aromatic nitrogens is 1. The summed E-state index contributed by atoms with van der Waals surface area (Å²) in [5.74, 6) is -0.0844. The van der Waals surface area contributed by atoms with Gasteiger partial charge < -0.3 is 20.8 Å². The average Bonchev–Trinajstić information content (AvgIpc) is 2.82. The number of H-pyrrole nitrogens is 1. The molecule has 0 spiro atoms. The van der Waals surface area contributed by atoms with Gasteiger partial charge in [-0.05, 0) is 36.7 Å². The minimum Gasteiger partial charge on any atom is -0.383 e. The largest absolute Gasteiger partial charge is 0.383 e. The van der Waals surface area contributed by atoms with Crippen LogP contribution in [0.15, 0.2) is 24.4 Å². The Morgan fingerprint density at radius 2 is 2.32 bits per heavy atom. The van der Waals surface area contributed by atoms with E-state index in [4.69, 9.17) is 10.5 Å². The molecule has 0 radical (unpaired) electrons. The fraction of sp³-hybridized carbons (Fsp3) is 0.357. The van der Waals surface area contributed by atoms with Crippen LogP contribution in [0.1, 0.15) is 15.9 Å². The molecule has 0 aliphatic carbocycles. The van der Waals surface area contributed by atoms with Gasteiger partial charge in [0.15, 0.2) is 0 Å². The zero-order valence-corrected chi connectivity index (χ0v) is 11.0. The molecule has 0 saturated carbocycles. The van der Waals surface area contributed by atoms with Crippen molar-refractivity contribution in [3.05, 3.63) is 35.5 Å². The topological polar surface area (TPSA) is 80.1 Å². The van der Waals surface area contributed by atoms with E-state index in [2.05, 4.69) is 10.3 Å². The first-order chi connectivity index (χ1) is 9.26. The highest BCUT2D eigenvalue weighted by atomic mass is 16.5. The number of methoxy groups -OCH3 is 1. The molecular weight excluding hydrogens is 242 g/mol. The summed E-state index contributed by atoms with van der Waals surface area (Å²) < 4.78 is 4.90. The molecule has 1 amide bonds. The van der Waals surface area contributed by atoms with Crippen molar-refractivity contribution in [1.82, 2.24) is 10.3 Å². The summed E-state index contributed by atoms with van der Waals surface area (Å²) in [5.41, 5.74) is 8.40. The second-order valence-electron chi connectivity index (χ2n) is 4.36. The van der Waals surface area contributed by atoms with Crippen molar-refractivity contribution < 1.29 is 9.53 Å². The van der Waals surface area contributed by atoms with Crippen LogP contribution in [0.5, 0.6) is 0 Å². The molecule has 5 nitrogen and oxygen atoms in total. The average molecular weight is 261 g/mol. The molecule has 2 rings (SSSR count). The smallest absolute Gasteiger partial charge is 0.251 e. The number of hydrogen-bond donors (Lipinski definition) is 3. The molecule has 0 fully saturated rings. The van der Waals surface area contributed by atoms with Crippen LogP contribution in [-0.4, -0.2) is 37.7 Å². The van der Waals surface area contributed by atoms with Crippen molar-refractivity contribution >= 4 is 16.8 Å². The van der Waals surface area contributed by atoms with Crippen molar-refractivity contribution in [2.24, 2.45) is 5.73 Å². The molecule has 0 bridgehead atoms. The first-order valence-electron chi connectivity index (χ1n) is 6.33. The second-order valence-corrected chi connectivity index (χ2v) is 4.36. The van der Waals surface area contributed by atoms with E-state index in [1.165, 1.54) is 0 Å². The number of hydrogen-bond acceptors (Lipinski definition) is 3. The van der Waals surface area contributed by atoms with Crippen LogP contribution in [0.2, 0.25) is 0 Å². The summed E-state index contributed by atoms with van der Waals surface area (Å²) in [4.78, 5) is 15.1. The van der Waals surface area contributed by atoms with Crippen LogP contribution in [0.3, 0.4) is 0 Å². The summed E-state index contributed by atoms with van der Waals surface area (Å²) in [6, 6.07) is 5.63. The van der Waals surface area contributed by atoms with Gasteiger partial charge in [-0.2, -0.15) is 0 Å². The number of fused-ring (bicyclic) bond motifs is 1. The Balaban J connectivity index is 2.19. The number of ether oxygens (including phenoxy) is 1. The van der Waals surface area contributed by atoms with E-state index in [1.807, 2.05) is 24.4 Å². The summed E-state index contributed by atoms with van der Waals surface area (Å²) in [6.45, 7) is 1.62. The van der Waals surface area contributed by atoms with Gasteiger partial charge in [-0.25, -0.2) is 0 Å². The van der Waals surface area contributed by atoms with Crippen molar-refractivity contribution in [2.75, 3.05) is 26.8 Å². The van der Waals surface area contributed by atoms with Crippen molar-refractivity contribution in [3.8, 4) is 0 Å². The lowest BCUT2D eigenvalue weighted by Gasteiger charge is -2.05. The molecule has 4 N–H and O–H groups in total. The Morgan fingerprint density at radius 1 is 1.47 bits per heavy atom. The van der Waals surface area contributed by atoms with Crippen LogP contribution in [0.4, 0.5) is 0 Å². The summed E-state index contributed by atoms with van der Waals surface area (Å²) >= 11 is 0. The van der Waals surface area contributed by atoms with Gasteiger partial charge in [0.1, 0.15) is 0 Å². The molecular formula is C14H19N3O2. The predicted octanol–water partition coefficient (Wildman–Crippen LogP) is 1.05. The first kappa shape index (κ1) is 13.6. The minimum atomic E-state index is -0.0844. The Kier molecular flexibility index (Phi) is 4.54. The van der Waals surface area contributed by atoms with Crippen LogP contribution >= 0.6 is 0 Å². The molecule has 19 heavy (non-hydrogen) atoms. The first-order valence-corrected chi connectivity index (χ1v) is 6.33. The third-order valence-electron chi connectivity index (χ3n) is 3.04. The molecule has 1 heterocycles. The van der Waals surface area contributed by atoms with E-state index in [0.29, 0.717) is 25.3 Å². The fourth-order valence-electron chi connectivity index (χ4n) is 2.05. The molecule has 102 valence electrons. The van der Waals surface area contributed by atoms with Gasteiger partial charge in [-0.15, -0.1) is 0 Å². The number of aromatic amines is 1. The number of carbonyl (C=O) groups excluding carboxylic acids is 1. The maximum Gasteiger partial charge on any atom is 0.251 e. The molecule has 0 unspecified atom stereocenters. The van der Waals surface area contributed by atoms with E-state index in [-0.39, 0.29) is 5.91 Å². The van der Waals surface area contributed by atoms with Crippen molar-refractivity contribution in [3.63, 3.8) is 0 Å². The van der Waals surface area contributed by atoms with E-state index in [1.54, 1.807) is 7.11 Å². The number of rotatable bonds is 6. The second kappa shape index (κ2) is 6.36. The number of amides is 1. The van der Waals surface area contributed by atoms with Crippen LogP contribution < -0.4 is 11.1 Å². The Hall–Kier alpha value is -1.85. The monoisotopic (exact) mass is 261 g/mol. The lowest BCUT2D eigenvalue weighted by molar-refractivity contribution is 0.0937. The van der Waals surface area contributed by atoms with Gasteiger partial charge in [0.25, 0.3) is 5.91 Å². The molecule has 0 atom stereocenters. The van der Waals surface area contributed by atoms with Gasteiger partial charge in [-0.3, -0.25) is 4.79 Å². The van der Waals surface area contributed by atoms with Gasteiger partial charge in [0, 0.05) is 36.3 Å². The van der Waals surface area contributed by atoms with Crippen molar-refractivity contribution in [1.29, 1.82) is 0 Å². The van der Waals surface area contributed by atoms with Gasteiger partial charge in [0.05, 0.1) is 6.61 Å². The molecule has 5 heteroatoms. The quantitative estimate of drug-likeness (QED) is 0.680.